The summed E-state index contributed by atoms with van der Waals surface area (Å²) in [4.78, 5) is 25.6. The molecule has 0 bridgehead atoms. The van der Waals surface area contributed by atoms with E-state index in [1.807, 2.05) is 6.08 Å². The molecule has 74 heavy (non-hydrogen) atoms. The molecule has 426 valence electrons. The highest BCUT2D eigenvalue weighted by Crippen LogP contribution is 2.15. The van der Waals surface area contributed by atoms with Crippen molar-refractivity contribution < 1.29 is 23.8 Å². The molecule has 0 spiro atoms. The zero-order chi connectivity index (χ0) is 53.4. The minimum atomic E-state index is -0.575. The molecule has 0 saturated carbocycles. The van der Waals surface area contributed by atoms with Crippen molar-refractivity contribution in [1.82, 2.24) is 0 Å². The van der Waals surface area contributed by atoms with Crippen LogP contribution in [0, 0.1) is 0 Å². The van der Waals surface area contributed by atoms with E-state index in [9.17, 15) is 9.59 Å². The fourth-order valence-electron chi connectivity index (χ4n) is 8.88. The van der Waals surface area contributed by atoms with E-state index >= 15 is 0 Å². The summed E-state index contributed by atoms with van der Waals surface area (Å²) in [5.41, 5.74) is 0. The van der Waals surface area contributed by atoms with Gasteiger partial charge in [-0.3, -0.25) is 9.59 Å². The van der Waals surface area contributed by atoms with Crippen LogP contribution >= 0.6 is 0 Å². The Morgan fingerprint density at radius 2 is 0.635 bits per heavy atom. The molecule has 0 saturated heterocycles. The summed E-state index contributed by atoms with van der Waals surface area (Å²) in [7, 11) is 0. The summed E-state index contributed by atoms with van der Waals surface area (Å²) in [6, 6.07) is 0. The Balaban J connectivity index is 4.38. The van der Waals surface area contributed by atoms with Crippen molar-refractivity contribution in [1.29, 1.82) is 0 Å². The van der Waals surface area contributed by atoms with Gasteiger partial charge in [0.05, 0.1) is 6.61 Å². The van der Waals surface area contributed by atoms with Crippen LogP contribution in [0.5, 0.6) is 0 Å². The van der Waals surface area contributed by atoms with E-state index in [2.05, 4.69) is 112 Å². The van der Waals surface area contributed by atoms with Gasteiger partial charge in [0, 0.05) is 19.4 Å². The SMILES string of the molecule is CC/C=C\C/C=C\C/C=C\C/C=C\C/C=C\C/C=C\CCC(=O)OCC(COCCCCCCCCCCCC/C=C\CCCCCCCC)OC(=O)CCCCCCCCCCC/C=C\CCCCCCCC. The molecular formula is C69H120O5. The second kappa shape index (κ2) is 64.1. The molecule has 0 aromatic rings. The minimum Gasteiger partial charge on any atom is -0.462 e. The van der Waals surface area contributed by atoms with Crippen LogP contribution in [0.4, 0.5) is 0 Å². The van der Waals surface area contributed by atoms with Crippen molar-refractivity contribution >= 4 is 11.9 Å². The van der Waals surface area contributed by atoms with Gasteiger partial charge in [-0.2, -0.15) is 0 Å². The molecule has 0 aliphatic carbocycles. The first-order valence-corrected chi connectivity index (χ1v) is 31.8. The van der Waals surface area contributed by atoms with Gasteiger partial charge in [0.25, 0.3) is 0 Å². The van der Waals surface area contributed by atoms with Gasteiger partial charge >= 0.3 is 11.9 Å². The monoisotopic (exact) mass is 1030 g/mol. The molecule has 0 radical (unpaired) electrons. The maximum Gasteiger partial charge on any atom is 0.306 e. The summed E-state index contributed by atoms with van der Waals surface area (Å²) < 4.78 is 17.5. The summed E-state index contributed by atoms with van der Waals surface area (Å²) >= 11 is 0. The summed E-state index contributed by atoms with van der Waals surface area (Å²) in [5.74, 6) is -0.489. The molecular weight excluding hydrogens is 909 g/mol. The predicted octanol–water partition coefficient (Wildman–Crippen LogP) is 22.1. The molecule has 5 nitrogen and oxygen atoms in total. The van der Waals surface area contributed by atoms with Crippen molar-refractivity contribution in [2.75, 3.05) is 19.8 Å². The molecule has 5 heteroatoms. The second-order valence-electron chi connectivity index (χ2n) is 20.9. The minimum absolute atomic E-state index is 0.0414. The van der Waals surface area contributed by atoms with Gasteiger partial charge in [0.1, 0.15) is 6.61 Å². The molecule has 0 N–H and O–H groups in total. The standard InChI is InChI=1S/C69H120O5/c1-4-7-10-13-16-19-22-25-28-31-34-37-40-43-46-49-52-55-58-61-64-72-65-67(74-69(71)63-60-57-54-51-48-45-42-39-36-33-30-27-24-21-18-15-12-9-6-3)66-73-68(70)62-59-56-53-50-47-44-41-38-35-32-29-26-23-20-17-14-11-8-5-2/h8,11,17,20,25-30,35,38,44,47,53,56,67H,4-7,9-10,12-16,18-19,21-24,31-34,36-37,39-43,45-46,48-52,54-55,57-66H2,1-3H3/b11-8-,20-17-,28-25-,29-26-,30-27-,38-35-,47-44-,56-53-. The highest BCUT2D eigenvalue weighted by atomic mass is 16.6. The summed E-state index contributed by atoms with van der Waals surface area (Å²) in [5, 5.41) is 0. The van der Waals surface area contributed by atoms with Gasteiger partial charge in [-0.1, -0.05) is 279 Å². The molecule has 1 atom stereocenters. The number of hydrogen-bond donors (Lipinski definition) is 0. The molecule has 0 rings (SSSR count). The number of ether oxygens (including phenoxy) is 3. The maximum absolute atomic E-state index is 12.9. The van der Waals surface area contributed by atoms with Crippen LogP contribution in [-0.4, -0.2) is 37.9 Å². The predicted molar refractivity (Wildman–Crippen MR) is 325 cm³/mol. The van der Waals surface area contributed by atoms with Gasteiger partial charge in [0.15, 0.2) is 6.10 Å². The Bertz CT molecular complexity index is 1400. The Morgan fingerprint density at radius 1 is 0.311 bits per heavy atom. The first-order valence-electron chi connectivity index (χ1n) is 31.8. The third-order valence-electron chi connectivity index (χ3n) is 13.6. The lowest BCUT2D eigenvalue weighted by Crippen LogP contribution is -2.30. The second-order valence-corrected chi connectivity index (χ2v) is 20.9. The molecule has 0 aliphatic rings. The third kappa shape index (κ3) is 61.4. The molecule has 0 aromatic heterocycles. The Hall–Kier alpha value is -3.18. The first-order chi connectivity index (χ1) is 36.6. The normalized spacial score (nSPS) is 12.9. The lowest BCUT2D eigenvalue weighted by Gasteiger charge is -2.18. The number of hydrogen-bond acceptors (Lipinski definition) is 5. The fourth-order valence-corrected chi connectivity index (χ4v) is 8.88. The van der Waals surface area contributed by atoms with Crippen LogP contribution in [0.15, 0.2) is 97.2 Å². The smallest absolute Gasteiger partial charge is 0.306 e. The highest BCUT2D eigenvalue weighted by molar-refractivity contribution is 5.70. The lowest BCUT2D eigenvalue weighted by atomic mass is 10.1. The molecule has 0 fully saturated rings. The van der Waals surface area contributed by atoms with E-state index in [4.69, 9.17) is 14.2 Å². The van der Waals surface area contributed by atoms with E-state index < -0.39 is 6.10 Å². The molecule has 1 unspecified atom stereocenters. The first kappa shape index (κ1) is 70.8. The number of esters is 2. The van der Waals surface area contributed by atoms with Gasteiger partial charge in [0.2, 0.25) is 0 Å². The third-order valence-corrected chi connectivity index (χ3v) is 13.6. The van der Waals surface area contributed by atoms with Crippen LogP contribution in [0.3, 0.4) is 0 Å². The molecule has 0 aliphatic heterocycles. The van der Waals surface area contributed by atoms with E-state index in [-0.39, 0.29) is 25.2 Å². The molecule has 0 aromatic carbocycles. The van der Waals surface area contributed by atoms with Crippen molar-refractivity contribution in [3.05, 3.63) is 97.2 Å². The highest BCUT2D eigenvalue weighted by Gasteiger charge is 2.17. The Labute approximate surface area is 460 Å². The number of allylic oxidation sites excluding steroid dienone is 16. The van der Waals surface area contributed by atoms with E-state index in [1.54, 1.807) is 0 Å². The maximum atomic E-state index is 12.9. The van der Waals surface area contributed by atoms with E-state index in [1.165, 1.54) is 193 Å². The van der Waals surface area contributed by atoms with Crippen LogP contribution in [-0.2, 0) is 23.8 Å². The van der Waals surface area contributed by atoms with Gasteiger partial charge in [-0.15, -0.1) is 0 Å². The molecule has 0 amide bonds. The average Bonchev–Trinajstić information content (AvgIpc) is 3.40. The van der Waals surface area contributed by atoms with Gasteiger partial charge < -0.3 is 14.2 Å². The number of rotatable bonds is 58. The van der Waals surface area contributed by atoms with Crippen molar-refractivity contribution in [2.24, 2.45) is 0 Å². The fraction of sp³-hybridized carbons (Fsp3) is 0.739. The summed E-state index contributed by atoms with van der Waals surface area (Å²) in [6.45, 7) is 7.66. The molecule has 0 heterocycles. The topological polar surface area (TPSA) is 61.8 Å². The van der Waals surface area contributed by atoms with Crippen molar-refractivity contribution in [2.45, 2.75) is 309 Å². The van der Waals surface area contributed by atoms with Crippen LogP contribution in [0.2, 0.25) is 0 Å². The van der Waals surface area contributed by atoms with Gasteiger partial charge in [-0.25, -0.2) is 0 Å². The van der Waals surface area contributed by atoms with Crippen LogP contribution in [0.1, 0.15) is 303 Å². The largest absolute Gasteiger partial charge is 0.462 e. The van der Waals surface area contributed by atoms with Crippen LogP contribution in [0.25, 0.3) is 0 Å². The Kier molecular flexibility index (Phi) is 61.4. The van der Waals surface area contributed by atoms with Crippen LogP contribution < -0.4 is 0 Å². The number of carbonyl (C=O) groups is 2. The van der Waals surface area contributed by atoms with Crippen molar-refractivity contribution in [3.63, 3.8) is 0 Å². The average molecular weight is 1030 g/mol. The van der Waals surface area contributed by atoms with E-state index in [0.29, 0.717) is 25.9 Å². The van der Waals surface area contributed by atoms with E-state index in [0.717, 1.165) is 70.6 Å². The Morgan fingerprint density at radius 3 is 1.03 bits per heavy atom. The zero-order valence-electron chi connectivity index (χ0n) is 49.1. The van der Waals surface area contributed by atoms with Crippen molar-refractivity contribution in [3.8, 4) is 0 Å². The summed E-state index contributed by atoms with van der Waals surface area (Å²) in [6.07, 6.45) is 87.4. The number of unbranched alkanes of at least 4 members (excludes halogenated alkanes) is 31. The number of carbonyl (C=O) groups excluding carboxylic acids is 2. The quantitative estimate of drug-likeness (QED) is 0.0345. The van der Waals surface area contributed by atoms with Gasteiger partial charge in [-0.05, 0) is 109 Å². The lowest BCUT2D eigenvalue weighted by molar-refractivity contribution is -0.162. The zero-order valence-corrected chi connectivity index (χ0v) is 49.1.